The average Bonchev–Trinajstić information content (AvgIpc) is 3.15. The van der Waals surface area contributed by atoms with Crippen LogP contribution in [0.2, 0.25) is 0 Å². The standard InChI is InChI=1S/C30H35N3/c1-30(2)28(24-12-6-3-7-13-24)32-33(29(30)25-14-8-4-9-15-25)27-20-18-23(19-21-27)22-31-26-16-10-5-11-17-26/h3-4,6-9,12-15,18-21,26,29,31H,5,10-11,16-17,22H2,1-2H3. The van der Waals surface area contributed by atoms with E-state index in [0.717, 1.165) is 17.9 Å². The van der Waals surface area contributed by atoms with Crippen LogP contribution in [-0.2, 0) is 6.54 Å². The molecule has 0 amide bonds. The lowest BCUT2D eigenvalue weighted by Crippen LogP contribution is -2.33. The predicted molar refractivity (Wildman–Crippen MR) is 139 cm³/mol. The number of rotatable bonds is 6. The SMILES string of the molecule is CC1(C)C(c2ccccc2)=NN(c2ccc(CNC3CCCCC3)cc2)C1c1ccccc1. The molecule has 170 valence electrons. The molecule has 3 aromatic carbocycles. The third-order valence-electron chi connectivity index (χ3n) is 7.31. The van der Waals surface area contributed by atoms with Gasteiger partial charge < -0.3 is 5.32 Å². The molecule has 1 unspecified atom stereocenters. The normalized spacial score (nSPS) is 20.6. The summed E-state index contributed by atoms with van der Waals surface area (Å²) in [6.07, 6.45) is 6.76. The summed E-state index contributed by atoms with van der Waals surface area (Å²) in [7, 11) is 0. The molecule has 1 atom stereocenters. The molecular weight excluding hydrogens is 402 g/mol. The number of nitrogens with zero attached hydrogens (tertiary/aromatic N) is 2. The van der Waals surface area contributed by atoms with Crippen LogP contribution in [0, 0.1) is 5.41 Å². The summed E-state index contributed by atoms with van der Waals surface area (Å²) in [5.41, 5.74) is 5.97. The summed E-state index contributed by atoms with van der Waals surface area (Å²) in [5, 5.41) is 11.2. The Labute approximate surface area is 198 Å². The summed E-state index contributed by atoms with van der Waals surface area (Å²) in [6.45, 7) is 5.58. The smallest absolute Gasteiger partial charge is 0.0882 e. The van der Waals surface area contributed by atoms with Gasteiger partial charge in [0.1, 0.15) is 0 Å². The Balaban J connectivity index is 1.43. The molecule has 1 aliphatic heterocycles. The zero-order valence-electron chi connectivity index (χ0n) is 19.9. The summed E-state index contributed by atoms with van der Waals surface area (Å²) in [4.78, 5) is 0. The molecule has 1 saturated carbocycles. The van der Waals surface area contributed by atoms with Crippen molar-refractivity contribution in [2.75, 3.05) is 5.01 Å². The van der Waals surface area contributed by atoms with Gasteiger partial charge in [0.05, 0.1) is 17.4 Å². The lowest BCUT2D eigenvalue weighted by molar-refractivity contribution is 0.372. The van der Waals surface area contributed by atoms with Crippen LogP contribution in [0.15, 0.2) is 90.0 Å². The second-order valence-electron chi connectivity index (χ2n) is 10.1. The third-order valence-corrected chi connectivity index (χ3v) is 7.31. The molecule has 3 aromatic rings. The maximum Gasteiger partial charge on any atom is 0.0882 e. The van der Waals surface area contributed by atoms with E-state index in [-0.39, 0.29) is 11.5 Å². The predicted octanol–water partition coefficient (Wildman–Crippen LogP) is 7.10. The zero-order valence-corrected chi connectivity index (χ0v) is 19.9. The van der Waals surface area contributed by atoms with Crippen LogP contribution in [0.1, 0.15) is 68.7 Å². The number of anilines is 1. The molecular formula is C30H35N3. The minimum absolute atomic E-state index is 0.135. The second-order valence-corrected chi connectivity index (χ2v) is 10.1. The zero-order chi connectivity index (χ0) is 22.7. The second kappa shape index (κ2) is 9.52. The molecule has 5 rings (SSSR count). The van der Waals surface area contributed by atoms with Crippen molar-refractivity contribution in [3.8, 4) is 0 Å². The molecule has 1 N–H and O–H groups in total. The van der Waals surface area contributed by atoms with E-state index in [9.17, 15) is 0 Å². The number of hydrogen-bond acceptors (Lipinski definition) is 3. The molecule has 2 aliphatic rings. The molecule has 3 nitrogen and oxygen atoms in total. The first-order valence-electron chi connectivity index (χ1n) is 12.4. The number of hydrazone groups is 1. The van der Waals surface area contributed by atoms with Crippen LogP contribution < -0.4 is 10.3 Å². The van der Waals surface area contributed by atoms with Crippen molar-refractivity contribution in [3.63, 3.8) is 0 Å². The molecule has 1 heterocycles. The van der Waals surface area contributed by atoms with Gasteiger partial charge in [-0.15, -0.1) is 0 Å². The van der Waals surface area contributed by atoms with Gasteiger partial charge in [-0.05, 0) is 41.7 Å². The highest BCUT2D eigenvalue weighted by molar-refractivity contribution is 6.07. The van der Waals surface area contributed by atoms with Crippen LogP contribution in [0.25, 0.3) is 0 Å². The van der Waals surface area contributed by atoms with E-state index < -0.39 is 0 Å². The van der Waals surface area contributed by atoms with E-state index >= 15 is 0 Å². The van der Waals surface area contributed by atoms with Crippen LogP contribution in [0.3, 0.4) is 0 Å². The summed E-state index contributed by atoms with van der Waals surface area (Å²) < 4.78 is 0. The number of hydrogen-bond donors (Lipinski definition) is 1. The van der Waals surface area contributed by atoms with E-state index in [4.69, 9.17) is 5.10 Å². The fraction of sp³-hybridized carbons (Fsp3) is 0.367. The Kier molecular flexibility index (Phi) is 6.32. The highest BCUT2D eigenvalue weighted by Gasteiger charge is 2.46. The Morgan fingerprint density at radius 1 is 0.818 bits per heavy atom. The third kappa shape index (κ3) is 4.60. The molecule has 3 heteroatoms. The molecule has 0 aromatic heterocycles. The highest BCUT2D eigenvalue weighted by atomic mass is 15.5. The monoisotopic (exact) mass is 437 g/mol. The largest absolute Gasteiger partial charge is 0.310 e. The molecule has 1 aliphatic carbocycles. The average molecular weight is 438 g/mol. The van der Waals surface area contributed by atoms with Gasteiger partial charge in [0.15, 0.2) is 0 Å². The van der Waals surface area contributed by atoms with Crippen LogP contribution >= 0.6 is 0 Å². The van der Waals surface area contributed by atoms with Crippen molar-refractivity contribution in [1.82, 2.24) is 5.32 Å². The van der Waals surface area contributed by atoms with E-state index in [2.05, 4.69) is 109 Å². The molecule has 0 saturated heterocycles. The molecule has 0 bridgehead atoms. The van der Waals surface area contributed by atoms with Crippen molar-refractivity contribution >= 4 is 11.4 Å². The number of nitrogens with one attached hydrogen (secondary N) is 1. The first-order valence-corrected chi connectivity index (χ1v) is 12.4. The van der Waals surface area contributed by atoms with Crippen molar-refractivity contribution in [2.45, 2.75) is 64.6 Å². The van der Waals surface area contributed by atoms with Gasteiger partial charge in [0.2, 0.25) is 0 Å². The highest BCUT2D eigenvalue weighted by Crippen LogP contribution is 2.48. The summed E-state index contributed by atoms with van der Waals surface area (Å²) in [6, 6.07) is 31.2. The van der Waals surface area contributed by atoms with Crippen LogP contribution in [0.5, 0.6) is 0 Å². The van der Waals surface area contributed by atoms with E-state index in [1.54, 1.807) is 0 Å². The van der Waals surface area contributed by atoms with Gasteiger partial charge in [-0.25, -0.2) is 0 Å². The van der Waals surface area contributed by atoms with Crippen LogP contribution in [-0.4, -0.2) is 11.8 Å². The minimum atomic E-state index is -0.135. The van der Waals surface area contributed by atoms with E-state index in [1.807, 2.05) is 0 Å². The first kappa shape index (κ1) is 21.9. The van der Waals surface area contributed by atoms with E-state index in [1.165, 1.54) is 48.8 Å². The number of benzene rings is 3. The maximum atomic E-state index is 5.22. The van der Waals surface area contributed by atoms with Crippen molar-refractivity contribution < 1.29 is 0 Å². The molecule has 0 radical (unpaired) electrons. The Hall–Kier alpha value is -2.91. The molecule has 1 fully saturated rings. The van der Waals surface area contributed by atoms with Gasteiger partial charge in [-0.1, -0.05) is 106 Å². The lowest BCUT2D eigenvalue weighted by Gasteiger charge is -2.33. The van der Waals surface area contributed by atoms with Crippen LogP contribution in [0.4, 0.5) is 5.69 Å². The van der Waals surface area contributed by atoms with Crippen molar-refractivity contribution in [1.29, 1.82) is 0 Å². The topological polar surface area (TPSA) is 27.6 Å². The van der Waals surface area contributed by atoms with E-state index in [0.29, 0.717) is 6.04 Å². The quantitative estimate of drug-likeness (QED) is 0.445. The first-order chi connectivity index (χ1) is 16.1. The van der Waals surface area contributed by atoms with Gasteiger partial charge in [-0.2, -0.15) is 5.10 Å². The van der Waals surface area contributed by atoms with Gasteiger partial charge >= 0.3 is 0 Å². The maximum absolute atomic E-state index is 5.22. The lowest BCUT2D eigenvalue weighted by atomic mass is 9.75. The Morgan fingerprint density at radius 3 is 2.12 bits per heavy atom. The molecule has 33 heavy (non-hydrogen) atoms. The fourth-order valence-electron chi connectivity index (χ4n) is 5.49. The van der Waals surface area contributed by atoms with Crippen molar-refractivity contribution in [2.24, 2.45) is 10.5 Å². The van der Waals surface area contributed by atoms with Gasteiger partial charge in [0, 0.05) is 18.0 Å². The molecule has 0 spiro atoms. The minimum Gasteiger partial charge on any atom is -0.310 e. The van der Waals surface area contributed by atoms with Crippen molar-refractivity contribution in [3.05, 3.63) is 102 Å². The summed E-state index contributed by atoms with van der Waals surface area (Å²) in [5.74, 6) is 0. The van der Waals surface area contributed by atoms with Gasteiger partial charge in [-0.3, -0.25) is 5.01 Å². The Bertz CT molecular complexity index is 1060. The summed E-state index contributed by atoms with van der Waals surface area (Å²) >= 11 is 0. The van der Waals surface area contributed by atoms with Gasteiger partial charge in [0.25, 0.3) is 0 Å². The fourth-order valence-corrected chi connectivity index (χ4v) is 5.49. The Morgan fingerprint density at radius 2 is 1.45 bits per heavy atom.